The Hall–Kier alpha value is -3.13. The minimum atomic E-state index is -0.564. The van der Waals surface area contributed by atoms with Crippen LogP contribution in [-0.2, 0) is 0 Å². The van der Waals surface area contributed by atoms with Crippen LogP contribution < -0.4 is 10.1 Å². The molecule has 0 bridgehead atoms. The summed E-state index contributed by atoms with van der Waals surface area (Å²) >= 11 is 0. The molecule has 0 atom stereocenters. The fraction of sp³-hybridized carbons (Fsp3) is 0.381. The lowest BCUT2D eigenvalue weighted by molar-refractivity contribution is 0.0195. The zero-order chi connectivity index (χ0) is 20.0. The van der Waals surface area contributed by atoms with Crippen molar-refractivity contribution in [1.29, 1.82) is 0 Å². The number of nitrogens with one attached hydrogen (secondary N) is 2. The molecule has 1 aliphatic carbocycles. The highest BCUT2D eigenvalue weighted by atomic mass is 16.5. The van der Waals surface area contributed by atoms with Gasteiger partial charge in [0.15, 0.2) is 0 Å². The van der Waals surface area contributed by atoms with Crippen molar-refractivity contribution in [3.63, 3.8) is 0 Å². The maximum Gasteiger partial charge on any atom is 0.244 e. The first-order chi connectivity index (χ1) is 14.0. The molecule has 8 nitrogen and oxygen atoms in total. The summed E-state index contributed by atoms with van der Waals surface area (Å²) in [6, 6.07) is 6.27. The maximum atomic E-state index is 10.2. The number of rotatable bonds is 4. The van der Waals surface area contributed by atoms with E-state index in [1.54, 1.807) is 17.8 Å². The van der Waals surface area contributed by atoms with Crippen LogP contribution in [0.15, 0.2) is 36.8 Å². The number of anilines is 1. The van der Waals surface area contributed by atoms with E-state index in [1.165, 1.54) is 0 Å². The maximum absolute atomic E-state index is 10.2. The zero-order valence-corrected chi connectivity index (χ0v) is 16.5. The number of hydrogen-bond acceptors (Lipinski definition) is 6. The van der Waals surface area contributed by atoms with Crippen molar-refractivity contribution in [2.75, 3.05) is 12.4 Å². The van der Waals surface area contributed by atoms with Crippen molar-refractivity contribution in [1.82, 2.24) is 24.6 Å². The number of fused-ring (bicyclic) bond motifs is 2. The average Bonchev–Trinajstić information content (AvgIpc) is 3.32. The molecule has 4 aromatic heterocycles. The van der Waals surface area contributed by atoms with Crippen molar-refractivity contribution in [2.24, 2.45) is 0 Å². The summed E-state index contributed by atoms with van der Waals surface area (Å²) < 4.78 is 7.40. The lowest BCUT2D eigenvalue weighted by Crippen LogP contribution is -2.36. The lowest BCUT2D eigenvalue weighted by Gasteiger charge is -2.33. The van der Waals surface area contributed by atoms with E-state index in [4.69, 9.17) is 4.74 Å². The Morgan fingerprint density at radius 1 is 1.31 bits per heavy atom. The first-order valence-corrected chi connectivity index (χ1v) is 9.88. The predicted octanol–water partition coefficient (Wildman–Crippen LogP) is 3.39. The molecule has 0 aromatic carbocycles. The van der Waals surface area contributed by atoms with Crippen LogP contribution in [0.3, 0.4) is 0 Å². The molecule has 0 saturated heterocycles. The molecule has 4 aromatic rings. The van der Waals surface area contributed by atoms with Gasteiger partial charge in [-0.05, 0) is 50.8 Å². The van der Waals surface area contributed by atoms with Crippen molar-refractivity contribution in [3.05, 3.63) is 36.8 Å². The van der Waals surface area contributed by atoms with Crippen LogP contribution in [-0.4, -0.2) is 48.4 Å². The standard InChI is InChI=1S/C21H24N6O2/c1-21(28)7-3-14(4-8-21)23-20-25-19(29-2)18-15(6-10-27(18)26-20)17-11-13-12-22-9-5-16(13)24-17/h5-6,9-12,14,24,28H,3-4,7-8H2,1-2H3,(H,23,26). The summed E-state index contributed by atoms with van der Waals surface area (Å²) in [4.78, 5) is 12.2. The minimum absolute atomic E-state index is 0.244. The Kier molecular flexibility index (Phi) is 4.16. The van der Waals surface area contributed by atoms with E-state index in [0.29, 0.717) is 11.8 Å². The number of methoxy groups -OCH3 is 1. The van der Waals surface area contributed by atoms with Gasteiger partial charge in [-0.1, -0.05) is 0 Å². The van der Waals surface area contributed by atoms with Crippen LogP contribution in [0, 0.1) is 0 Å². The molecule has 1 fully saturated rings. The first-order valence-electron chi connectivity index (χ1n) is 9.88. The summed E-state index contributed by atoms with van der Waals surface area (Å²) in [5.74, 6) is 1.05. The molecule has 0 spiro atoms. The lowest BCUT2D eigenvalue weighted by atomic mass is 9.84. The van der Waals surface area contributed by atoms with Crippen molar-refractivity contribution >= 4 is 22.4 Å². The Morgan fingerprint density at radius 2 is 2.14 bits per heavy atom. The summed E-state index contributed by atoms with van der Waals surface area (Å²) in [5, 5.41) is 19.3. The molecular weight excluding hydrogens is 368 g/mol. The average molecular weight is 392 g/mol. The van der Waals surface area contributed by atoms with Crippen LogP contribution in [0.4, 0.5) is 5.95 Å². The number of H-pyrrole nitrogens is 1. The fourth-order valence-corrected chi connectivity index (χ4v) is 4.10. The Bertz CT molecular complexity index is 1140. The Morgan fingerprint density at radius 3 is 2.90 bits per heavy atom. The van der Waals surface area contributed by atoms with Crippen molar-refractivity contribution < 1.29 is 9.84 Å². The predicted molar refractivity (Wildman–Crippen MR) is 111 cm³/mol. The Labute approximate surface area is 167 Å². The molecule has 1 aliphatic rings. The van der Waals surface area contributed by atoms with Gasteiger partial charge in [-0.3, -0.25) is 4.98 Å². The normalized spacial score (nSPS) is 22.2. The SMILES string of the molecule is COc1nc(NC2CCC(C)(O)CC2)nn2ccc(-c3cc4cnccc4[nH]3)c12. The first kappa shape index (κ1) is 17.9. The van der Waals surface area contributed by atoms with Gasteiger partial charge < -0.3 is 20.1 Å². The molecule has 4 heterocycles. The summed E-state index contributed by atoms with van der Waals surface area (Å²) in [6.45, 7) is 1.90. The molecule has 150 valence electrons. The number of aromatic amines is 1. The number of aromatic nitrogens is 5. The molecule has 3 N–H and O–H groups in total. The number of nitrogens with zero attached hydrogens (tertiary/aromatic N) is 4. The second-order valence-electron chi connectivity index (χ2n) is 8.03. The van der Waals surface area contributed by atoms with Crippen LogP contribution in [0.25, 0.3) is 27.7 Å². The van der Waals surface area contributed by atoms with Gasteiger partial charge in [-0.15, -0.1) is 5.10 Å². The highest BCUT2D eigenvalue weighted by Gasteiger charge is 2.29. The monoisotopic (exact) mass is 392 g/mol. The Balaban J connectivity index is 1.49. The van der Waals surface area contributed by atoms with E-state index in [9.17, 15) is 5.11 Å². The third-order valence-corrected chi connectivity index (χ3v) is 5.78. The van der Waals surface area contributed by atoms with E-state index in [1.807, 2.05) is 31.5 Å². The van der Waals surface area contributed by atoms with E-state index in [-0.39, 0.29) is 6.04 Å². The van der Waals surface area contributed by atoms with E-state index < -0.39 is 5.60 Å². The van der Waals surface area contributed by atoms with Crippen molar-refractivity contribution in [3.8, 4) is 17.1 Å². The number of hydrogen-bond donors (Lipinski definition) is 3. The molecular formula is C21H24N6O2. The van der Waals surface area contributed by atoms with Gasteiger partial charge in [0, 0.05) is 46.8 Å². The minimum Gasteiger partial charge on any atom is -0.479 e. The van der Waals surface area contributed by atoms with Gasteiger partial charge in [0.2, 0.25) is 11.8 Å². The second kappa shape index (κ2) is 6.73. The van der Waals surface area contributed by atoms with Crippen LogP contribution in [0.1, 0.15) is 32.6 Å². The highest BCUT2D eigenvalue weighted by Crippen LogP contribution is 2.33. The molecule has 5 rings (SSSR count). The van der Waals surface area contributed by atoms with E-state index in [2.05, 4.69) is 31.4 Å². The molecule has 0 radical (unpaired) electrons. The summed E-state index contributed by atoms with van der Waals surface area (Å²) in [6.07, 6.45) is 8.83. The van der Waals surface area contributed by atoms with Crippen LogP contribution in [0.2, 0.25) is 0 Å². The summed E-state index contributed by atoms with van der Waals surface area (Å²) in [5.41, 5.74) is 3.21. The van der Waals surface area contributed by atoms with Crippen LogP contribution >= 0.6 is 0 Å². The third kappa shape index (κ3) is 3.29. The molecule has 0 unspecified atom stereocenters. The van der Waals surface area contributed by atoms with Gasteiger partial charge in [-0.2, -0.15) is 4.98 Å². The topological polar surface area (TPSA) is 100 Å². The molecule has 8 heteroatoms. The number of aliphatic hydroxyl groups is 1. The number of pyridine rings is 1. The van der Waals surface area contributed by atoms with E-state index >= 15 is 0 Å². The third-order valence-electron chi connectivity index (χ3n) is 5.78. The highest BCUT2D eigenvalue weighted by molar-refractivity contribution is 5.90. The largest absolute Gasteiger partial charge is 0.479 e. The van der Waals surface area contributed by atoms with Gasteiger partial charge >= 0.3 is 0 Å². The zero-order valence-electron chi connectivity index (χ0n) is 16.5. The number of ether oxygens (including phenoxy) is 1. The quantitative estimate of drug-likeness (QED) is 0.492. The van der Waals surface area contributed by atoms with Gasteiger partial charge in [0.25, 0.3) is 0 Å². The fourth-order valence-electron chi connectivity index (χ4n) is 4.10. The van der Waals surface area contributed by atoms with Gasteiger partial charge in [0.05, 0.1) is 12.7 Å². The molecule has 0 aliphatic heterocycles. The van der Waals surface area contributed by atoms with Crippen molar-refractivity contribution in [2.45, 2.75) is 44.2 Å². The second-order valence-corrected chi connectivity index (χ2v) is 8.03. The van der Waals surface area contributed by atoms with Crippen LogP contribution in [0.5, 0.6) is 5.88 Å². The molecule has 29 heavy (non-hydrogen) atoms. The smallest absolute Gasteiger partial charge is 0.244 e. The van der Waals surface area contributed by atoms with Gasteiger partial charge in [0.1, 0.15) is 5.52 Å². The summed E-state index contributed by atoms with van der Waals surface area (Å²) in [7, 11) is 1.62. The van der Waals surface area contributed by atoms with Gasteiger partial charge in [-0.25, -0.2) is 4.52 Å². The molecule has 0 amide bonds. The molecule has 1 saturated carbocycles. The van der Waals surface area contributed by atoms with E-state index in [0.717, 1.165) is 53.4 Å².